The number of hydrogen-bond acceptors (Lipinski definition) is 2. The van der Waals surface area contributed by atoms with E-state index in [1.807, 2.05) is 13.0 Å². The van der Waals surface area contributed by atoms with E-state index in [4.69, 9.17) is 28.3 Å². The molecule has 1 aromatic rings. The Bertz CT molecular complexity index is 601. The summed E-state index contributed by atoms with van der Waals surface area (Å²) in [6, 6.07) is 5.04. The Kier molecular flexibility index (Phi) is 6.75. The molecule has 132 valence electrons. The van der Waals surface area contributed by atoms with E-state index < -0.39 is 5.97 Å². The summed E-state index contributed by atoms with van der Waals surface area (Å²) < 4.78 is 0. The van der Waals surface area contributed by atoms with Gasteiger partial charge in [0.25, 0.3) is 0 Å². The van der Waals surface area contributed by atoms with Gasteiger partial charge in [-0.15, -0.1) is 0 Å². The summed E-state index contributed by atoms with van der Waals surface area (Å²) in [4.78, 5) is 23.0. The lowest BCUT2D eigenvalue weighted by Gasteiger charge is -2.27. The van der Waals surface area contributed by atoms with Crippen LogP contribution in [0.2, 0.25) is 10.0 Å². The highest BCUT2D eigenvalue weighted by molar-refractivity contribution is 6.35. The lowest BCUT2D eigenvalue weighted by molar-refractivity contribution is -0.142. The third kappa shape index (κ3) is 5.56. The smallest absolute Gasteiger partial charge is 0.315 e. The molecule has 0 aliphatic heterocycles. The number of nitrogens with one attached hydrogen (secondary N) is 2. The summed E-state index contributed by atoms with van der Waals surface area (Å²) in [6.45, 7) is 1.91. The van der Waals surface area contributed by atoms with Gasteiger partial charge in [0.15, 0.2) is 0 Å². The molecule has 0 bridgehead atoms. The van der Waals surface area contributed by atoms with Crippen molar-refractivity contribution in [3.8, 4) is 0 Å². The number of hydrogen-bond donors (Lipinski definition) is 3. The molecule has 1 aliphatic carbocycles. The summed E-state index contributed by atoms with van der Waals surface area (Å²) in [5, 5.41) is 16.0. The largest absolute Gasteiger partial charge is 0.481 e. The van der Waals surface area contributed by atoms with E-state index in [-0.39, 0.29) is 24.0 Å². The number of rotatable bonds is 5. The zero-order valence-electron chi connectivity index (χ0n) is 13.5. The van der Waals surface area contributed by atoms with Gasteiger partial charge >= 0.3 is 12.0 Å². The van der Waals surface area contributed by atoms with E-state index in [9.17, 15) is 9.59 Å². The zero-order chi connectivity index (χ0) is 17.7. The molecule has 2 amide bonds. The minimum absolute atomic E-state index is 0.0342. The normalized spacial score (nSPS) is 21.8. The number of amides is 2. The fourth-order valence-corrected chi connectivity index (χ4v) is 3.49. The van der Waals surface area contributed by atoms with Gasteiger partial charge in [0.1, 0.15) is 0 Å². The summed E-state index contributed by atoms with van der Waals surface area (Å²) in [5.41, 5.74) is 0.927. The van der Waals surface area contributed by atoms with Crippen LogP contribution in [-0.2, 0) is 11.2 Å². The van der Waals surface area contributed by atoms with E-state index in [1.54, 1.807) is 12.1 Å². The van der Waals surface area contributed by atoms with Gasteiger partial charge in [-0.2, -0.15) is 0 Å². The number of carboxylic acids is 1. The standard InChI is InChI=1S/C17H22Cl2N2O3/c1-10(8-12-2-5-13(18)9-15(12)19)20-17(24)21-14-6-3-11(4-7-14)16(22)23/h2,5,9-11,14H,3-4,6-8H2,1H3,(H,22,23)(H2,20,21,24). The van der Waals surface area contributed by atoms with Crippen molar-refractivity contribution in [3.05, 3.63) is 33.8 Å². The number of aliphatic carboxylic acids is 1. The second-order valence-corrected chi connectivity index (χ2v) is 7.19. The van der Waals surface area contributed by atoms with E-state index in [2.05, 4.69) is 10.6 Å². The molecular formula is C17H22Cl2N2O3. The van der Waals surface area contributed by atoms with Gasteiger partial charge in [-0.05, 0) is 56.7 Å². The van der Waals surface area contributed by atoms with Crippen molar-refractivity contribution < 1.29 is 14.7 Å². The zero-order valence-corrected chi connectivity index (χ0v) is 15.0. The number of halogens is 2. The molecule has 1 fully saturated rings. The number of carbonyl (C=O) groups is 2. The number of carboxylic acid groups (broad SMARTS) is 1. The van der Waals surface area contributed by atoms with Crippen LogP contribution in [0, 0.1) is 5.92 Å². The van der Waals surface area contributed by atoms with E-state index >= 15 is 0 Å². The SMILES string of the molecule is CC(Cc1ccc(Cl)cc1Cl)NC(=O)NC1CCC(C(=O)O)CC1. The Morgan fingerprint density at radius 1 is 1.25 bits per heavy atom. The molecule has 0 saturated heterocycles. The van der Waals surface area contributed by atoms with Gasteiger partial charge in [-0.25, -0.2) is 4.79 Å². The molecule has 0 spiro atoms. The van der Waals surface area contributed by atoms with Crippen LogP contribution in [0.4, 0.5) is 4.79 Å². The van der Waals surface area contributed by atoms with Gasteiger partial charge in [0.2, 0.25) is 0 Å². The van der Waals surface area contributed by atoms with Crippen LogP contribution >= 0.6 is 23.2 Å². The highest BCUT2D eigenvalue weighted by Gasteiger charge is 2.26. The molecule has 1 aliphatic rings. The lowest BCUT2D eigenvalue weighted by Crippen LogP contribution is -2.47. The summed E-state index contributed by atoms with van der Waals surface area (Å²) in [5.74, 6) is -1.02. The summed E-state index contributed by atoms with van der Waals surface area (Å²) in [6.07, 6.45) is 3.21. The van der Waals surface area contributed by atoms with Gasteiger partial charge in [-0.1, -0.05) is 29.3 Å². The Balaban J connectivity index is 1.77. The molecule has 24 heavy (non-hydrogen) atoms. The third-order valence-corrected chi connectivity index (χ3v) is 4.92. The topological polar surface area (TPSA) is 78.4 Å². The molecule has 5 nitrogen and oxygen atoms in total. The predicted octanol–water partition coefficient (Wildman–Crippen LogP) is 3.87. The summed E-state index contributed by atoms with van der Waals surface area (Å²) in [7, 11) is 0. The molecule has 1 atom stereocenters. The molecule has 0 heterocycles. The minimum atomic E-state index is -0.744. The first-order valence-electron chi connectivity index (χ1n) is 8.09. The summed E-state index contributed by atoms with van der Waals surface area (Å²) >= 11 is 12.0. The average molecular weight is 373 g/mol. The number of urea groups is 1. The first-order chi connectivity index (χ1) is 11.3. The number of benzene rings is 1. The van der Waals surface area contributed by atoms with Crippen LogP contribution in [0.1, 0.15) is 38.2 Å². The Morgan fingerprint density at radius 3 is 2.50 bits per heavy atom. The molecule has 1 saturated carbocycles. The van der Waals surface area contributed by atoms with Gasteiger partial charge < -0.3 is 15.7 Å². The Morgan fingerprint density at radius 2 is 1.92 bits per heavy atom. The van der Waals surface area contributed by atoms with Crippen LogP contribution in [0.3, 0.4) is 0 Å². The highest BCUT2D eigenvalue weighted by atomic mass is 35.5. The van der Waals surface area contributed by atoms with Crippen molar-refractivity contribution in [2.45, 2.75) is 51.1 Å². The Hall–Kier alpha value is -1.46. The molecule has 0 aromatic heterocycles. The quantitative estimate of drug-likeness (QED) is 0.733. The van der Waals surface area contributed by atoms with Crippen molar-refractivity contribution in [2.75, 3.05) is 0 Å². The van der Waals surface area contributed by atoms with E-state index in [0.29, 0.717) is 42.1 Å². The van der Waals surface area contributed by atoms with Crippen molar-refractivity contribution in [2.24, 2.45) is 5.92 Å². The van der Waals surface area contributed by atoms with E-state index in [0.717, 1.165) is 5.56 Å². The van der Waals surface area contributed by atoms with E-state index in [1.165, 1.54) is 0 Å². The molecule has 3 N–H and O–H groups in total. The van der Waals surface area contributed by atoms with Crippen LogP contribution in [0.5, 0.6) is 0 Å². The van der Waals surface area contributed by atoms with Crippen LogP contribution < -0.4 is 10.6 Å². The minimum Gasteiger partial charge on any atom is -0.481 e. The third-order valence-electron chi connectivity index (χ3n) is 4.33. The maximum absolute atomic E-state index is 12.1. The fourth-order valence-electron chi connectivity index (χ4n) is 3.00. The maximum atomic E-state index is 12.1. The molecule has 7 heteroatoms. The van der Waals surface area contributed by atoms with Gasteiger partial charge in [-0.3, -0.25) is 4.79 Å². The second-order valence-electron chi connectivity index (χ2n) is 6.35. The van der Waals surface area contributed by atoms with Crippen LogP contribution in [0.25, 0.3) is 0 Å². The second kappa shape index (κ2) is 8.58. The fraction of sp³-hybridized carbons (Fsp3) is 0.529. The number of carbonyl (C=O) groups excluding carboxylic acids is 1. The van der Waals surface area contributed by atoms with Crippen molar-refractivity contribution >= 4 is 35.2 Å². The van der Waals surface area contributed by atoms with Crippen molar-refractivity contribution in [1.82, 2.24) is 10.6 Å². The molecular weight excluding hydrogens is 351 g/mol. The predicted molar refractivity (Wildman–Crippen MR) is 94.7 cm³/mol. The lowest BCUT2D eigenvalue weighted by atomic mass is 9.86. The molecule has 2 rings (SSSR count). The maximum Gasteiger partial charge on any atom is 0.315 e. The molecule has 0 radical (unpaired) electrons. The van der Waals surface area contributed by atoms with Gasteiger partial charge in [0.05, 0.1) is 5.92 Å². The van der Waals surface area contributed by atoms with Crippen molar-refractivity contribution in [1.29, 1.82) is 0 Å². The first kappa shape index (κ1) is 18.9. The Labute approximate surface area is 151 Å². The first-order valence-corrected chi connectivity index (χ1v) is 8.84. The molecule has 1 unspecified atom stereocenters. The van der Waals surface area contributed by atoms with Crippen LogP contribution in [0.15, 0.2) is 18.2 Å². The van der Waals surface area contributed by atoms with Gasteiger partial charge in [0, 0.05) is 22.1 Å². The van der Waals surface area contributed by atoms with Crippen LogP contribution in [-0.4, -0.2) is 29.2 Å². The molecule has 1 aromatic carbocycles. The van der Waals surface area contributed by atoms with Crippen molar-refractivity contribution in [3.63, 3.8) is 0 Å². The monoisotopic (exact) mass is 372 g/mol. The highest BCUT2D eigenvalue weighted by Crippen LogP contribution is 2.24. The average Bonchev–Trinajstić information content (AvgIpc) is 2.50.